The van der Waals surface area contributed by atoms with Gasteiger partial charge < -0.3 is 15.2 Å². The Morgan fingerprint density at radius 1 is 1.46 bits per heavy atom. The van der Waals surface area contributed by atoms with Crippen molar-refractivity contribution in [3.05, 3.63) is 30.0 Å². The van der Waals surface area contributed by atoms with Crippen LogP contribution < -0.4 is 10.5 Å². The van der Waals surface area contributed by atoms with Crippen molar-refractivity contribution in [2.75, 3.05) is 25.6 Å². The molecular weight excluding hydrogens is 335 g/mol. The summed E-state index contributed by atoms with van der Waals surface area (Å²) in [5, 5.41) is 4.66. The van der Waals surface area contributed by atoms with Crippen molar-refractivity contribution in [2.45, 2.75) is 6.92 Å². The second-order valence-corrected chi connectivity index (χ2v) is 5.77. The van der Waals surface area contributed by atoms with Gasteiger partial charge >= 0.3 is 5.97 Å². The molecule has 0 aliphatic heterocycles. The number of esters is 1. The molecular formula is C15H15FN4O3S. The van der Waals surface area contributed by atoms with Crippen LogP contribution in [-0.4, -0.2) is 40.6 Å². The molecule has 0 aliphatic carbocycles. The maximum Gasteiger partial charge on any atom is 0.343 e. The number of benzene rings is 1. The molecule has 0 aliphatic rings. The van der Waals surface area contributed by atoms with E-state index in [0.717, 1.165) is 10.2 Å². The maximum atomic E-state index is 12.2. The van der Waals surface area contributed by atoms with E-state index in [9.17, 15) is 9.18 Å². The molecule has 2 aromatic heterocycles. The Morgan fingerprint density at radius 2 is 2.29 bits per heavy atom. The molecule has 0 unspecified atom stereocenters. The molecule has 0 spiro atoms. The van der Waals surface area contributed by atoms with E-state index in [1.54, 1.807) is 25.1 Å². The Hall–Kier alpha value is -2.68. The number of ether oxygens (including phenoxy) is 2. The van der Waals surface area contributed by atoms with Crippen LogP contribution in [0.15, 0.2) is 24.4 Å². The average Bonchev–Trinajstić information content (AvgIpc) is 3.16. The standard InChI is InChI=1S/C15H15FN4O3S/c1-2-22-14(21)10-8-20(19-13(10)17)15-18-11-4-3-9(23-6-5-16)7-12(11)24-15/h3-4,7-8H,2,5-6H2,1H3,(H2,17,19). The Balaban J connectivity index is 1.92. The Labute approximate surface area is 140 Å². The molecule has 0 bridgehead atoms. The molecule has 2 N–H and O–H groups in total. The lowest BCUT2D eigenvalue weighted by Gasteiger charge is -2.01. The van der Waals surface area contributed by atoms with Crippen LogP contribution in [0.1, 0.15) is 17.3 Å². The minimum absolute atomic E-state index is 0.00968. The van der Waals surface area contributed by atoms with E-state index in [1.807, 2.05) is 0 Å². The molecule has 0 atom stereocenters. The number of nitrogens with two attached hydrogens (primary N) is 1. The van der Waals surface area contributed by atoms with Crippen molar-refractivity contribution in [1.29, 1.82) is 0 Å². The fraction of sp³-hybridized carbons (Fsp3) is 0.267. The zero-order chi connectivity index (χ0) is 17.1. The van der Waals surface area contributed by atoms with Crippen LogP contribution in [0.3, 0.4) is 0 Å². The molecule has 1 aromatic carbocycles. The number of aromatic nitrogens is 3. The minimum atomic E-state index is -0.546. The number of carbonyl (C=O) groups excluding carboxylic acids is 1. The highest BCUT2D eigenvalue weighted by atomic mass is 32.1. The third-order valence-corrected chi connectivity index (χ3v) is 4.14. The smallest absolute Gasteiger partial charge is 0.343 e. The van der Waals surface area contributed by atoms with Gasteiger partial charge in [-0.05, 0) is 25.1 Å². The first-order valence-electron chi connectivity index (χ1n) is 7.24. The van der Waals surface area contributed by atoms with Gasteiger partial charge in [-0.25, -0.2) is 18.9 Å². The quantitative estimate of drug-likeness (QED) is 0.687. The third-order valence-electron chi connectivity index (χ3n) is 3.13. The summed E-state index contributed by atoms with van der Waals surface area (Å²) in [6, 6.07) is 5.29. The van der Waals surface area contributed by atoms with Crippen molar-refractivity contribution < 1.29 is 18.7 Å². The van der Waals surface area contributed by atoms with Crippen LogP contribution in [0.4, 0.5) is 10.2 Å². The highest BCUT2D eigenvalue weighted by molar-refractivity contribution is 7.20. The second-order valence-electron chi connectivity index (χ2n) is 4.76. The second kappa shape index (κ2) is 6.83. The molecule has 2 heterocycles. The normalized spacial score (nSPS) is 10.9. The molecule has 3 rings (SSSR count). The Morgan fingerprint density at radius 3 is 3.04 bits per heavy atom. The van der Waals surface area contributed by atoms with Crippen LogP contribution in [-0.2, 0) is 4.74 Å². The Bertz CT molecular complexity index is 877. The number of alkyl halides is 1. The van der Waals surface area contributed by atoms with Crippen molar-refractivity contribution in [3.63, 3.8) is 0 Å². The van der Waals surface area contributed by atoms with Gasteiger partial charge in [0.1, 0.15) is 24.6 Å². The summed E-state index contributed by atoms with van der Waals surface area (Å²) in [7, 11) is 0. The van der Waals surface area contributed by atoms with Crippen LogP contribution in [0.25, 0.3) is 15.3 Å². The van der Waals surface area contributed by atoms with E-state index in [-0.39, 0.29) is 24.6 Å². The third kappa shape index (κ3) is 3.16. The topological polar surface area (TPSA) is 92.3 Å². The maximum absolute atomic E-state index is 12.2. The number of nitrogen functional groups attached to an aromatic ring is 1. The number of anilines is 1. The van der Waals surface area contributed by atoms with Crippen molar-refractivity contribution in [1.82, 2.24) is 14.8 Å². The largest absolute Gasteiger partial charge is 0.491 e. The predicted octanol–water partition coefficient (Wildman–Crippen LogP) is 2.59. The zero-order valence-corrected chi connectivity index (χ0v) is 13.7. The van der Waals surface area contributed by atoms with Gasteiger partial charge in [0.25, 0.3) is 0 Å². The van der Waals surface area contributed by atoms with E-state index in [0.29, 0.717) is 10.9 Å². The molecule has 126 valence electrons. The van der Waals surface area contributed by atoms with Gasteiger partial charge in [-0.1, -0.05) is 11.3 Å². The summed E-state index contributed by atoms with van der Waals surface area (Å²) in [5.74, 6) is 0.131. The molecule has 24 heavy (non-hydrogen) atoms. The number of fused-ring (bicyclic) bond motifs is 1. The fourth-order valence-corrected chi connectivity index (χ4v) is 3.01. The van der Waals surface area contributed by atoms with Gasteiger partial charge in [-0.3, -0.25) is 0 Å². The van der Waals surface area contributed by atoms with E-state index in [2.05, 4.69) is 10.1 Å². The van der Waals surface area contributed by atoms with Gasteiger partial charge in [0.05, 0.1) is 23.0 Å². The highest BCUT2D eigenvalue weighted by Crippen LogP contribution is 2.29. The first kappa shape index (κ1) is 16.2. The van der Waals surface area contributed by atoms with E-state index < -0.39 is 12.6 Å². The molecule has 9 heteroatoms. The minimum Gasteiger partial charge on any atom is -0.491 e. The van der Waals surface area contributed by atoms with Crippen LogP contribution in [0.5, 0.6) is 5.75 Å². The number of thiazole rings is 1. The highest BCUT2D eigenvalue weighted by Gasteiger charge is 2.17. The van der Waals surface area contributed by atoms with E-state index >= 15 is 0 Å². The molecule has 0 amide bonds. The predicted molar refractivity (Wildman–Crippen MR) is 88.6 cm³/mol. The van der Waals surface area contributed by atoms with Crippen molar-refractivity contribution >= 4 is 33.3 Å². The Kier molecular flexibility index (Phi) is 4.61. The zero-order valence-electron chi connectivity index (χ0n) is 12.9. The lowest BCUT2D eigenvalue weighted by molar-refractivity contribution is 0.0527. The SMILES string of the molecule is CCOC(=O)c1cn(-c2nc3ccc(OCCF)cc3s2)nc1N. The van der Waals surface area contributed by atoms with Gasteiger partial charge in [-0.15, -0.1) is 5.10 Å². The van der Waals surface area contributed by atoms with Crippen molar-refractivity contribution in [3.8, 4) is 10.9 Å². The lowest BCUT2D eigenvalue weighted by atomic mass is 10.3. The lowest BCUT2D eigenvalue weighted by Crippen LogP contribution is -2.05. The van der Waals surface area contributed by atoms with Gasteiger partial charge in [-0.2, -0.15) is 0 Å². The summed E-state index contributed by atoms with van der Waals surface area (Å²) >= 11 is 1.35. The number of carbonyl (C=O) groups is 1. The van der Waals surface area contributed by atoms with Gasteiger partial charge in [0.15, 0.2) is 5.82 Å². The first-order valence-corrected chi connectivity index (χ1v) is 8.06. The fourth-order valence-electron chi connectivity index (χ4n) is 2.09. The summed E-state index contributed by atoms with van der Waals surface area (Å²) < 4.78 is 24.7. The van der Waals surface area contributed by atoms with Gasteiger partial charge in [0, 0.05) is 0 Å². The molecule has 7 nitrogen and oxygen atoms in total. The number of rotatable bonds is 6. The van der Waals surface area contributed by atoms with E-state index in [4.69, 9.17) is 15.2 Å². The number of hydrogen-bond donors (Lipinski definition) is 1. The van der Waals surface area contributed by atoms with E-state index in [1.165, 1.54) is 22.2 Å². The van der Waals surface area contributed by atoms with Crippen LogP contribution >= 0.6 is 11.3 Å². The molecule has 0 radical (unpaired) electrons. The van der Waals surface area contributed by atoms with Crippen molar-refractivity contribution in [2.24, 2.45) is 0 Å². The van der Waals surface area contributed by atoms with Crippen LogP contribution in [0, 0.1) is 0 Å². The first-order chi connectivity index (χ1) is 11.6. The monoisotopic (exact) mass is 350 g/mol. The van der Waals surface area contributed by atoms with Crippen LogP contribution in [0.2, 0.25) is 0 Å². The number of halogens is 1. The molecule has 0 fully saturated rings. The average molecular weight is 350 g/mol. The van der Waals surface area contributed by atoms with Gasteiger partial charge in [0.2, 0.25) is 5.13 Å². The number of nitrogens with zero attached hydrogens (tertiary/aromatic N) is 3. The summed E-state index contributed by atoms with van der Waals surface area (Å²) in [6.07, 6.45) is 1.49. The summed E-state index contributed by atoms with van der Waals surface area (Å²) in [4.78, 5) is 16.3. The number of hydrogen-bond acceptors (Lipinski definition) is 7. The summed E-state index contributed by atoms with van der Waals surface area (Å²) in [6.45, 7) is 1.44. The molecule has 0 saturated carbocycles. The molecule has 0 saturated heterocycles. The molecule has 3 aromatic rings. The summed E-state index contributed by atoms with van der Waals surface area (Å²) in [5.41, 5.74) is 6.71.